The van der Waals surface area contributed by atoms with Gasteiger partial charge >= 0.3 is 5.97 Å². The van der Waals surface area contributed by atoms with Crippen LogP contribution in [-0.2, 0) is 0 Å². The Kier molecular flexibility index (Phi) is 2.85. The van der Waals surface area contributed by atoms with E-state index in [2.05, 4.69) is 5.10 Å². The lowest BCUT2D eigenvalue weighted by Crippen LogP contribution is -2.12. The summed E-state index contributed by atoms with van der Waals surface area (Å²) in [4.78, 5) is 21.7. The molecule has 1 aromatic heterocycles. The van der Waals surface area contributed by atoms with Gasteiger partial charge in [0.15, 0.2) is 5.69 Å². The normalized spacial score (nSPS) is 10.3. The number of nitrogens with zero attached hydrogens (tertiary/aromatic N) is 2. The summed E-state index contributed by atoms with van der Waals surface area (Å²) in [5, 5.41) is 12.8. The summed E-state index contributed by atoms with van der Waals surface area (Å²) >= 11 is 0. The molecular weight excluding hydrogens is 234 g/mol. The predicted octanol–water partition coefficient (Wildman–Crippen LogP) is 0.978. The number of hydrogen-bond donors (Lipinski definition) is 2. The molecular formula is C12H11N3O3. The van der Waals surface area contributed by atoms with E-state index in [-0.39, 0.29) is 11.3 Å². The summed E-state index contributed by atoms with van der Waals surface area (Å²) in [6.07, 6.45) is 0. The van der Waals surface area contributed by atoms with Crippen molar-refractivity contribution in [1.82, 2.24) is 9.78 Å². The van der Waals surface area contributed by atoms with Crippen molar-refractivity contribution in [1.29, 1.82) is 0 Å². The van der Waals surface area contributed by atoms with Crippen LogP contribution < -0.4 is 5.73 Å². The average Bonchev–Trinajstić information content (AvgIpc) is 2.71. The van der Waals surface area contributed by atoms with E-state index in [1.165, 1.54) is 16.8 Å². The second kappa shape index (κ2) is 4.33. The number of aryl methyl sites for hydroxylation is 1. The van der Waals surface area contributed by atoms with Crippen LogP contribution in [0.25, 0.3) is 5.69 Å². The SMILES string of the molecule is Cc1cc(C(N)=O)nn1-c1ccc(C(=O)O)cc1. The van der Waals surface area contributed by atoms with Gasteiger partial charge in [0.05, 0.1) is 11.3 Å². The predicted molar refractivity (Wildman–Crippen MR) is 63.8 cm³/mol. The van der Waals surface area contributed by atoms with Gasteiger partial charge in [-0.2, -0.15) is 5.10 Å². The molecule has 1 heterocycles. The van der Waals surface area contributed by atoms with Crippen molar-refractivity contribution in [3.63, 3.8) is 0 Å². The summed E-state index contributed by atoms with van der Waals surface area (Å²) in [5.74, 6) is -1.59. The van der Waals surface area contributed by atoms with Gasteiger partial charge in [0, 0.05) is 5.69 Å². The van der Waals surface area contributed by atoms with Crippen molar-refractivity contribution in [3.05, 3.63) is 47.3 Å². The minimum absolute atomic E-state index is 0.176. The highest BCUT2D eigenvalue weighted by Gasteiger charge is 2.10. The molecule has 2 aromatic rings. The molecule has 2 rings (SSSR count). The van der Waals surface area contributed by atoms with Crippen LogP contribution in [0.5, 0.6) is 0 Å². The summed E-state index contributed by atoms with van der Waals surface area (Å²) < 4.78 is 1.53. The lowest BCUT2D eigenvalue weighted by molar-refractivity contribution is 0.0696. The molecule has 0 aliphatic carbocycles. The molecule has 0 saturated heterocycles. The smallest absolute Gasteiger partial charge is 0.335 e. The highest BCUT2D eigenvalue weighted by Crippen LogP contribution is 2.13. The molecule has 0 aliphatic rings. The van der Waals surface area contributed by atoms with Crippen LogP contribution in [0.1, 0.15) is 26.5 Å². The van der Waals surface area contributed by atoms with Crippen molar-refractivity contribution in [3.8, 4) is 5.69 Å². The lowest BCUT2D eigenvalue weighted by Gasteiger charge is -2.04. The van der Waals surface area contributed by atoms with Gasteiger partial charge < -0.3 is 10.8 Å². The first-order valence-electron chi connectivity index (χ1n) is 5.19. The average molecular weight is 245 g/mol. The molecule has 1 aromatic carbocycles. The fourth-order valence-corrected chi connectivity index (χ4v) is 1.60. The summed E-state index contributed by atoms with van der Waals surface area (Å²) in [5.41, 5.74) is 6.93. The Morgan fingerprint density at radius 1 is 1.28 bits per heavy atom. The number of aromatic nitrogens is 2. The highest BCUT2D eigenvalue weighted by molar-refractivity contribution is 5.91. The Labute approximate surface area is 103 Å². The van der Waals surface area contributed by atoms with Gasteiger partial charge in [-0.15, -0.1) is 0 Å². The van der Waals surface area contributed by atoms with Gasteiger partial charge in [0.25, 0.3) is 5.91 Å². The Hall–Kier alpha value is -2.63. The number of amides is 1. The van der Waals surface area contributed by atoms with Crippen molar-refractivity contribution in [2.45, 2.75) is 6.92 Å². The van der Waals surface area contributed by atoms with E-state index in [4.69, 9.17) is 10.8 Å². The number of nitrogens with two attached hydrogens (primary N) is 1. The summed E-state index contributed by atoms with van der Waals surface area (Å²) in [6.45, 7) is 1.78. The molecule has 0 atom stereocenters. The molecule has 0 bridgehead atoms. The number of carbonyl (C=O) groups is 2. The molecule has 0 unspecified atom stereocenters. The molecule has 0 radical (unpaired) electrons. The van der Waals surface area contributed by atoms with Crippen molar-refractivity contribution >= 4 is 11.9 Å². The summed E-state index contributed by atoms with van der Waals surface area (Å²) in [6, 6.07) is 7.77. The van der Waals surface area contributed by atoms with Crippen LogP contribution in [0.4, 0.5) is 0 Å². The third kappa shape index (κ3) is 2.08. The van der Waals surface area contributed by atoms with Crippen LogP contribution in [0, 0.1) is 6.92 Å². The van der Waals surface area contributed by atoms with Crippen LogP contribution in [-0.4, -0.2) is 26.8 Å². The Morgan fingerprint density at radius 3 is 2.33 bits per heavy atom. The molecule has 92 valence electrons. The zero-order chi connectivity index (χ0) is 13.3. The van der Waals surface area contributed by atoms with Crippen LogP contribution in [0.2, 0.25) is 0 Å². The zero-order valence-corrected chi connectivity index (χ0v) is 9.62. The van der Waals surface area contributed by atoms with E-state index in [1.54, 1.807) is 25.1 Å². The van der Waals surface area contributed by atoms with Crippen LogP contribution in [0.15, 0.2) is 30.3 Å². The van der Waals surface area contributed by atoms with E-state index in [9.17, 15) is 9.59 Å². The number of primary amides is 1. The zero-order valence-electron chi connectivity index (χ0n) is 9.62. The molecule has 0 aliphatic heterocycles. The maximum absolute atomic E-state index is 11.0. The Bertz CT molecular complexity index is 614. The number of rotatable bonds is 3. The van der Waals surface area contributed by atoms with Crippen LogP contribution >= 0.6 is 0 Å². The molecule has 6 nitrogen and oxygen atoms in total. The fraction of sp³-hybridized carbons (Fsp3) is 0.0833. The van der Waals surface area contributed by atoms with Gasteiger partial charge in [-0.25, -0.2) is 9.48 Å². The standard InChI is InChI=1S/C12H11N3O3/c1-7-6-10(11(13)16)14-15(7)9-4-2-8(3-5-9)12(17)18/h2-6H,1H3,(H2,13,16)(H,17,18). The van der Waals surface area contributed by atoms with Gasteiger partial charge in [0.2, 0.25) is 0 Å². The topological polar surface area (TPSA) is 98.2 Å². The molecule has 6 heteroatoms. The second-order valence-corrected chi connectivity index (χ2v) is 3.80. The minimum Gasteiger partial charge on any atom is -0.478 e. The minimum atomic E-state index is -0.989. The number of carboxylic acids is 1. The first kappa shape index (κ1) is 11.8. The van der Waals surface area contributed by atoms with E-state index in [0.29, 0.717) is 5.69 Å². The number of aromatic carboxylic acids is 1. The first-order chi connectivity index (χ1) is 8.49. The number of benzene rings is 1. The van der Waals surface area contributed by atoms with Crippen molar-refractivity contribution in [2.24, 2.45) is 5.73 Å². The quantitative estimate of drug-likeness (QED) is 0.841. The third-order valence-corrected chi connectivity index (χ3v) is 2.50. The van der Waals surface area contributed by atoms with Crippen LogP contribution in [0.3, 0.4) is 0 Å². The van der Waals surface area contributed by atoms with E-state index < -0.39 is 11.9 Å². The molecule has 18 heavy (non-hydrogen) atoms. The first-order valence-corrected chi connectivity index (χ1v) is 5.19. The van der Waals surface area contributed by atoms with Gasteiger partial charge in [-0.1, -0.05) is 0 Å². The molecule has 0 spiro atoms. The molecule has 3 N–H and O–H groups in total. The van der Waals surface area contributed by atoms with Crippen molar-refractivity contribution in [2.75, 3.05) is 0 Å². The van der Waals surface area contributed by atoms with Gasteiger partial charge in [-0.3, -0.25) is 4.79 Å². The Balaban J connectivity index is 2.42. The molecule has 1 amide bonds. The van der Waals surface area contributed by atoms with Gasteiger partial charge in [0.1, 0.15) is 0 Å². The number of carbonyl (C=O) groups excluding carboxylic acids is 1. The summed E-state index contributed by atoms with van der Waals surface area (Å²) in [7, 11) is 0. The highest BCUT2D eigenvalue weighted by atomic mass is 16.4. The number of hydrogen-bond acceptors (Lipinski definition) is 3. The van der Waals surface area contributed by atoms with E-state index in [0.717, 1.165) is 5.69 Å². The molecule has 0 fully saturated rings. The van der Waals surface area contributed by atoms with E-state index >= 15 is 0 Å². The van der Waals surface area contributed by atoms with E-state index in [1.807, 2.05) is 0 Å². The maximum Gasteiger partial charge on any atom is 0.335 e. The second-order valence-electron chi connectivity index (χ2n) is 3.80. The fourth-order valence-electron chi connectivity index (χ4n) is 1.60. The third-order valence-electron chi connectivity index (χ3n) is 2.50. The van der Waals surface area contributed by atoms with Gasteiger partial charge in [-0.05, 0) is 37.3 Å². The monoisotopic (exact) mass is 245 g/mol. The number of carboxylic acid groups (broad SMARTS) is 1. The van der Waals surface area contributed by atoms with Crippen molar-refractivity contribution < 1.29 is 14.7 Å². The molecule has 0 saturated carbocycles. The Morgan fingerprint density at radius 2 is 1.89 bits per heavy atom. The largest absolute Gasteiger partial charge is 0.478 e. The maximum atomic E-state index is 11.0. The lowest BCUT2D eigenvalue weighted by atomic mass is 10.2.